The van der Waals surface area contributed by atoms with Crippen molar-refractivity contribution in [3.63, 3.8) is 0 Å². The second-order valence-electron chi connectivity index (χ2n) is 5.23. The van der Waals surface area contributed by atoms with Gasteiger partial charge in [-0.05, 0) is 36.2 Å². The number of nitrogens with zero attached hydrogens (tertiary/aromatic N) is 4. The summed E-state index contributed by atoms with van der Waals surface area (Å²) >= 11 is 5.93. The number of hydrogen-bond donors (Lipinski definition) is 0. The van der Waals surface area contributed by atoms with Crippen LogP contribution in [0.3, 0.4) is 0 Å². The van der Waals surface area contributed by atoms with E-state index in [9.17, 15) is 4.39 Å². The van der Waals surface area contributed by atoms with Crippen LogP contribution in [0.5, 0.6) is 0 Å². The molecule has 0 fully saturated rings. The van der Waals surface area contributed by atoms with Gasteiger partial charge in [-0.25, -0.2) is 9.37 Å². The van der Waals surface area contributed by atoms with Crippen molar-refractivity contribution in [3.05, 3.63) is 59.1 Å². The summed E-state index contributed by atoms with van der Waals surface area (Å²) in [5.74, 6) is 0.333. The second kappa shape index (κ2) is 5.85. The Morgan fingerprint density at radius 2 is 2.00 bits per heavy atom. The Morgan fingerprint density at radius 3 is 2.73 bits per heavy atom. The van der Waals surface area contributed by atoms with Gasteiger partial charge in [-0.15, -0.1) is 10.2 Å². The minimum Gasteiger partial charge on any atom is -0.280 e. The molecule has 0 radical (unpaired) electrons. The molecule has 3 rings (SSSR count). The lowest BCUT2D eigenvalue weighted by Crippen LogP contribution is -1.88. The summed E-state index contributed by atoms with van der Waals surface area (Å²) in [4.78, 5) is 4.50. The largest absolute Gasteiger partial charge is 0.280 e. The van der Waals surface area contributed by atoms with Crippen molar-refractivity contribution >= 4 is 28.8 Å². The summed E-state index contributed by atoms with van der Waals surface area (Å²) in [6.45, 7) is 4.02. The Labute approximate surface area is 132 Å². The topological polar surface area (TPSA) is 42.0 Å². The fourth-order valence-corrected chi connectivity index (χ4v) is 2.34. The van der Waals surface area contributed by atoms with Gasteiger partial charge in [0.2, 0.25) is 0 Å². The van der Waals surface area contributed by atoms with Crippen LogP contribution in [0.2, 0.25) is 5.02 Å². The van der Waals surface area contributed by atoms with Gasteiger partial charge in [-0.2, -0.15) is 0 Å². The molecule has 0 saturated carbocycles. The molecule has 2 aromatic heterocycles. The number of imidazole rings is 1. The molecule has 0 unspecified atom stereocenters. The maximum atomic E-state index is 13.5. The van der Waals surface area contributed by atoms with E-state index in [1.54, 1.807) is 34.7 Å². The van der Waals surface area contributed by atoms with Gasteiger partial charge in [0.05, 0.1) is 11.4 Å². The summed E-state index contributed by atoms with van der Waals surface area (Å²) < 4.78 is 15.1. The van der Waals surface area contributed by atoms with E-state index in [2.05, 4.69) is 15.2 Å². The molecule has 0 aliphatic heterocycles. The molecule has 6 heteroatoms. The highest BCUT2D eigenvalue weighted by Gasteiger charge is 2.15. The average molecular weight is 317 g/mol. The van der Waals surface area contributed by atoms with E-state index in [-0.39, 0.29) is 11.7 Å². The number of rotatable bonds is 3. The number of halogens is 2. The minimum atomic E-state index is -0.348. The standard InChI is InChI=1S/C16H14ClFN4/c1-10(2)15-16(21-20-13-5-3-4-11(17)8-13)22-9-12(18)6-7-14(22)19-15/h3-10H,1-2H3. The lowest BCUT2D eigenvalue weighted by atomic mass is 10.1. The highest BCUT2D eigenvalue weighted by Crippen LogP contribution is 2.30. The van der Waals surface area contributed by atoms with Crippen molar-refractivity contribution in [2.75, 3.05) is 0 Å². The van der Waals surface area contributed by atoms with E-state index in [1.807, 2.05) is 13.8 Å². The van der Waals surface area contributed by atoms with Gasteiger partial charge in [0.25, 0.3) is 0 Å². The SMILES string of the molecule is CC(C)c1nc2ccc(F)cn2c1N=Nc1cccc(Cl)c1. The van der Waals surface area contributed by atoms with Crippen molar-refractivity contribution < 1.29 is 4.39 Å². The molecule has 0 aliphatic rings. The van der Waals surface area contributed by atoms with Crippen LogP contribution in [-0.4, -0.2) is 9.38 Å². The quantitative estimate of drug-likeness (QED) is 0.574. The fourth-order valence-electron chi connectivity index (χ4n) is 2.15. The van der Waals surface area contributed by atoms with E-state index in [4.69, 9.17) is 11.6 Å². The van der Waals surface area contributed by atoms with Gasteiger partial charge in [-0.1, -0.05) is 31.5 Å². The van der Waals surface area contributed by atoms with E-state index in [0.29, 0.717) is 22.2 Å². The number of aromatic nitrogens is 2. The first kappa shape index (κ1) is 14.7. The molecule has 3 aromatic rings. The number of pyridine rings is 1. The lowest BCUT2D eigenvalue weighted by Gasteiger charge is -2.01. The van der Waals surface area contributed by atoms with Crippen LogP contribution in [0.15, 0.2) is 52.8 Å². The van der Waals surface area contributed by atoms with Gasteiger partial charge < -0.3 is 0 Å². The zero-order valence-electron chi connectivity index (χ0n) is 12.2. The first-order valence-electron chi connectivity index (χ1n) is 6.89. The Kier molecular flexibility index (Phi) is 3.90. The maximum Gasteiger partial charge on any atom is 0.183 e. The highest BCUT2D eigenvalue weighted by atomic mass is 35.5. The third-order valence-electron chi connectivity index (χ3n) is 3.20. The van der Waals surface area contributed by atoms with Gasteiger partial charge in [0.1, 0.15) is 11.5 Å². The monoisotopic (exact) mass is 316 g/mol. The van der Waals surface area contributed by atoms with Crippen LogP contribution < -0.4 is 0 Å². The molecular weight excluding hydrogens is 303 g/mol. The minimum absolute atomic E-state index is 0.149. The second-order valence-corrected chi connectivity index (χ2v) is 5.67. The predicted molar refractivity (Wildman–Crippen MR) is 84.9 cm³/mol. The zero-order valence-corrected chi connectivity index (χ0v) is 12.9. The third-order valence-corrected chi connectivity index (χ3v) is 3.43. The van der Waals surface area contributed by atoms with Crippen molar-refractivity contribution in [2.24, 2.45) is 10.2 Å². The lowest BCUT2D eigenvalue weighted by molar-refractivity contribution is 0.619. The fraction of sp³-hybridized carbons (Fsp3) is 0.188. The third kappa shape index (κ3) is 2.85. The van der Waals surface area contributed by atoms with E-state index in [1.165, 1.54) is 12.3 Å². The molecule has 0 atom stereocenters. The number of fused-ring (bicyclic) bond motifs is 1. The predicted octanol–water partition coefficient (Wildman–Crippen LogP) is 5.67. The zero-order chi connectivity index (χ0) is 15.7. The normalized spacial score (nSPS) is 11.9. The molecule has 4 nitrogen and oxygen atoms in total. The molecule has 2 heterocycles. The van der Waals surface area contributed by atoms with Crippen LogP contribution in [-0.2, 0) is 0 Å². The summed E-state index contributed by atoms with van der Waals surface area (Å²) in [5, 5.41) is 9.05. The van der Waals surface area contributed by atoms with Crippen LogP contribution in [0.1, 0.15) is 25.5 Å². The molecule has 0 spiro atoms. The molecule has 0 saturated heterocycles. The van der Waals surface area contributed by atoms with E-state index in [0.717, 1.165) is 5.69 Å². The Hall–Kier alpha value is -2.27. The smallest absolute Gasteiger partial charge is 0.183 e. The van der Waals surface area contributed by atoms with Gasteiger partial charge >= 0.3 is 0 Å². The summed E-state index contributed by atoms with van der Waals surface area (Å²) in [6.07, 6.45) is 1.36. The van der Waals surface area contributed by atoms with Crippen molar-refractivity contribution in [2.45, 2.75) is 19.8 Å². The maximum absolute atomic E-state index is 13.5. The van der Waals surface area contributed by atoms with Crippen LogP contribution in [0.4, 0.5) is 15.9 Å². The highest BCUT2D eigenvalue weighted by molar-refractivity contribution is 6.30. The molecular formula is C16H14ClFN4. The Morgan fingerprint density at radius 1 is 1.18 bits per heavy atom. The number of azo groups is 1. The molecule has 0 N–H and O–H groups in total. The molecule has 112 valence electrons. The molecule has 0 bridgehead atoms. The van der Waals surface area contributed by atoms with Crippen molar-refractivity contribution in [3.8, 4) is 0 Å². The summed E-state index contributed by atoms with van der Waals surface area (Å²) in [7, 11) is 0. The number of hydrogen-bond acceptors (Lipinski definition) is 3. The van der Waals surface area contributed by atoms with Gasteiger partial charge in [0, 0.05) is 11.2 Å². The summed E-state index contributed by atoms with van der Waals surface area (Å²) in [6, 6.07) is 10.1. The summed E-state index contributed by atoms with van der Waals surface area (Å²) in [5.41, 5.74) is 2.05. The van der Waals surface area contributed by atoms with Crippen LogP contribution >= 0.6 is 11.6 Å². The molecule has 22 heavy (non-hydrogen) atoms. The molecule has 1 aromatic carbocycles. The van der Waals surface area contributed by atoms with Crippen LogP contribution in [0, 0.1) is 5.82 Å². The Balaban J connectivity index is 2.12. The number of benzene rings is 1. The molecule has 0 aliphatic carbocycles. The average Bonchev–Trinajstić information content (AvgIpc) is 2.83. The van der Waals surface area contributed by atoms with E-state index >= 15 is 0 Å². The van der Waals surface area contributed by atoms with Crippen molar-refractivity contribution in [1.29, 1.82) is 0 Å². The van der Waals surface area contributed by atoms with Crippen molar-refractivity contribution in [1.82, 2.24) is 9.38 Å². The van der Waals surface area contributed by atoms with Crippen LogP contribution in [0.25, 0.3) is 5.65 Å². The van der Waals surface area contributed by atoms with E-state index < -0.39 is 0 Å². The first-order chi connectivity index (χ1) is 10.5. The first-order valence-corrected chi connectivity index (χ1v) is 7.27. The molecule has 0 amide bonds. The van der Waals surface area contributed by atoms with Gasteiger partial charge in [-0.3, -0.25) is 4.40 Å². The van der Waals surface area contributed by atoms with Gasteiger partial charge in [0.15, 0.2) is 5.82 Å². The Bertz CT molecular complexity index is 854.